The molecule has 1 aliphatic heterocycles. The zero-order valence-corrected chi connectivity index (χ0v) is 21.0. The lowest BCUT2D eigenvalue weighted by atomic mass is 9.99. The molecule has 0 aromatic heterocycles. The summed E-state index contributed by atoms with van der Waals surface area (Å²) in [4.78, 5) is 40.3. The summed E-state index contributed by atoms with van der Waals surface area (Å²) in [5, 5.41) is 4.59. The van der Waals surface area contributed by atoms with Crippen LogP contribution in [0.25, 0.3) is 16.8 Å². The minimum atomic E-state index is -0.783. The number of halogens is 1. The van der Waals surface area contributed by atoms with Crippen LogP contribution in [0.4, 0.5) is 10.5 Å². The Kier molecular flexibility index (Phi) is 6.51. The summed E-state index contributed by atoms with van der Waals surface area (Å²) in [6.07, 6.45) is 1.49. The van der Waals surface area contributed by atoms with E-state index in [0.717, 1.165) is 32.4 Å². The van der Waals surface area contributed by atoms with Crippen molar-refractivity contribution in [1.82, 2.24) is 5.32 Å². The van der Waals surface area contributed by atoms with E-state index in [1.807, 2.05) is 68.4 Å². The van der Waals surface area contributed by atoms with Gasteiger partial charge in [0.15, 0.2) is 0 Å². The molecule has 4 amide bonds. The lowest BCUT2D eigenvalue weighted by Gasteiger charge is -2.28. The largest absolute Gasteiger partial charge is 0.488 e. The number of barbiturate groups is 1. The van der Waals surface area contributed by atoms with E-state index in [1.54, 1.807) is 24.3 Å². The molecule has 6 nitrogen and oxygen atoms in total. The number of carbonyl (C=O) groups excluding carboxylic acids is 3. The molecule has 37 heavy (non-hydrogen) atoms. The maximum atomic E-state index is 13.6. The van der Waals surface area contributed by atoms with Crippen molar-refractivity contribution in [3.63, 3.8) is 0 Å². The second kappa shape index (κ2) is 9.91. The van der Waals surface area contributed by atoms with E-state index in [0.29, 0.717) is 22.0 Å². The minimum Gasteiger partial charge on any atom is -0.488 e. The highest BCUT2D eigenvalue weighted by atomic mass is 35.5. The van der Waals surface area contributed by atoms with Gasteiger partial charge in [-0.05, 0) is 60.0 Å². The van der Waals surface area contributed by atoms with Crippen LogP contribution in [-0.2, 0) is 16.2 Å². The molecule has 1 saturated heterocycles. The number of rotatable bonds is 5. The van der Waals surface area contributed by atoms with Crippen LogP contribution in [-0.4, -0.2) is 17.8 Å². The molecule has 1 N–H and O–H groups in total. The molecule has 1 heterocycles. The van der Waals surface area contributed by atoms with Crippen LogP contribution in [0.15, 0.2) is 84.4 Å². The molecule has 184 valence electrons. The highest BCUT2D eigenvalue weighted by molar-refractivity contribution is 6.39. The van der Waals surface area contributed by atoms with Gasteiger partial charge in [-0.25, -0.2) is 9.69 Å². The predicted molar refractivity (Wildman–Crippen MR) is 145 cm³/mol. The number of urea groups is 1. The minimum absolute atomic E-state index is 0.167. The van der Waals surface area contributed by atoms with Gasteiger partial charge in [-0.1, -0.05) is 72.3 Å². The number of aryl methyl sites for hydroxylation is 1. The molecular formula is C30H23ClN2O4. The highest BCUT2D eigenvalue weighted by Crippen LogP contribution is 2.33. The maximum Gasteiger partial charge on any atom is 0.335 e. The Labute approximate surface area is 219 Å². The molecule has 0 bridgehead atoms. The molecule has 0 radical (unpaired) electrons. The summed E-state index contributed by atoms with van der Waals surface area (Å²) in [5.74, 6) is -0.990. The molecular weight excluding hydrogens is 488 g/mol. The SMILES string of the molecule is Cc1cccc(N2C(=O)NC(=O)/C(=C\c3c(OCc4ccccc4Cl)ccc4ccccc34)C2=O)c1C. The fourth-order valence-corrected chi connectivity index (χ4v) is 4.51. The molecule has 4 aromatic carbocycles. The molecule has 0 aliphatic carbocycles. The van der Waals surface area contributed by atoms with Gasteiger partial charge in [-0.2, -0.15) is 0 Å². The monoisotopic (exact) mass is 510 g/mol. The molecule has 0 atom stereocenters. The number of hydrogen-bond acceptors (Lipinski definition) is 4. The molecule has 1 fully saturated rings. The highest BCUT2D eigenvalue weighted by Gasteiger charge is 2.37. The van der Waals surface area contributed by atoms with Gasteiger partial charge < -0.3 is 4.74 Å². The van der Waals surface area contributed by atoms with E-state index >= 15 is 0 Å². The van der Waals surface area contributed by atoms with E-state index in [-0.39, 0.29) is 12.2 Å². The summed E-state index contributed by atoms with van der Waals surface area (Å²) in [5.41, 5.74) is 3.31. The maximum absolute atomic E-state index is 13.6. The van der Waals surface area contributed by atoms with Gasteiger partial charge in [0.2, 0.25) is 0 Å². The first kappa shape index (κ1) is 24.3. The van der Waals surface area contributed by atoms with Crippen molar-refractivity contribution in [2.75, 3.05) is 4.90 Å². The summed E-state index contributed by atoms with van der Waals surface area (Å²) >= 11 is 6.30. The zero-order valence-electron chi connectivity index (χ0n) is 20.2. The molecule has 0 spiro atoms. The van der Waals surface area contributed by atoms with Crippen LogP contribution < -0.4 is 15.0 Å². The van der Waals surface area contributed by atoms with Crippen LogP contribution in [0.3, 0.4) is 0 Å². The Balaban J connectivity index is 1.61. The molecule has 5 rings (SSSR count). The topological polar surface area (TPSA) is 75.7 Å². The number of benzene rings is 4. The molecule has 0 saturated carbocycles. The summed E-state index contributed by atoms with van der Waals surface area (Å²) < 4.78 is 6.14. The summed E-state index contributed by atoms with van der Waals surface area (Å²) in [6.45, 7) is 3.92. The third-order valence-electron chi connectivity index (χ3n) is 6.48. The quantitative estimate of drug-likeness (QED) is 0.250. The molecule has 1 aliphatic rings. The van der Waals surface area contributed by atoms with Crippen molar-refractivity contribution in [3.05, 3.63) is 112 Å². The van der Waals surface area contributed by atoms with Crippen LogP contribution in [0.5, 0.6) is 5.75 Å². The number of nitrogens with one attached hydrogen (secondary N) is 1. The van der Waals surface area contributed by atoms with Gasteiger partial charge in [0.1, 0.15) is 17.9 Å². The normalized spacial score (nSPS) is 14.8. The van der Waals surface area contributed by atoms with E-state index in [4.69, 9.17) is 16.3 Å². The van der Waals surface area contributed by atoms with Gasteiger partial charge in [-0.15, -0.1) is 0 Å². The fourth-order valence-electron chi connectivity index (χ4n) is 4.32. The van der Waals surface area contributed by atoms with Crippen LogP contribution in [0.1, 0.15) is 22.3 Å². The Bertz CT molecular complexity index is 1610. The number of fused-ring (bicyclic) bond motifs is 1. The van der Waals surface area contributed by atoms with Gasteiger partial charge in [-0.3, -0.25) is 14.9 Å². The second-order valence-electron chi connectivity index (χ2n) is 8.76. The number of amides is 4. The lowest BCUT2D eigenvalue weighted by molar-refractivity contribution is -0.122. The van der Waals surface area contributed by atoms with E-state index in [2.05, 4.69) is 5.32 Å². The van der Waals surface area contributed by atoms with Crippen molar-refractivity contribution in [1.29, 1.82) is 0 Å². The van der Waals surface area contributed by atoms with Crippen molar-refractivity contribution >= 4 is 52.0 Å². The third-order valence-corrected chi connectivity index (χ3v) is 6.85. The Hall–Kier alpha value is -4.42. The Morgan fingerprint density at radius 1 is 0.892 bits per heavy atom. The Morgan fingerprint density at radius 3 is 2.46 bits per heavy atom. The van der Waals surface area contributed by atoms with Gasteiger partial charge in [0.05, 0.1) is 5.69 Å². The molecule has 7 heteroatoms. The van der Waals surface area contributed by atoms with Gasteiger partial charge >= 0.3 is 6.03 Å². The third kappa shape index (κ3) is 4.59. The first-order chi connectivity index (χ1) is 17.8. The van der Waals surface area contributed by atoms with Crippen LogP contribution >= 0.6 is 11.6 Å². The number of nitrogens with zero attached hydrogens (tertiary/aromatic N) is 1. The average Bonchev–Trinajstić information content (AvgIpc) is 2.88. The second-order valence-corrected chi connectivity index (χ2v) is 9.16. The van der Waals surface area contributed by atoms with Gasteiger partial charge in [0.25, 0.3) is 11.8 Å². The predicted octanol–water partition coefficient (Wildman–Crippen LogP) is 6.36. The summed E-state index contributed by atoms with van der Waals surface area (Å²) in [6, 6.07) is 23.2. The number of anilines is 1. The first-order valence-corrected chi connectivity index (χ1v) is 12.1. The standard InChI is InChI=1S/C30H23ClN2O4/c1-18-8-7-13-26(19(18)2)33-29(35)24(28(34)32-30(33)36)16-23-22-11-5-3-9-20(22)14-15-27(23)37-17-21-10-4-6-12-25(21)31/h3-16H,17H2,1-2H3,(H,32,34,36)/b24-16+. The lowest BCUT2D eigenvalue weighted by Crippen LogP contribution is -2.54. The molecule has 4 aromatic rings. The van der Waals surface area contributed by atoms with Crippen LogP contribution in [0, 0.1) is 13.8 Å². The van der Waals surface area contributed by atoms with E-state index in [9.17, 15) is 14.4 Å². The van der Waals surface area contributed by atoms with Crippen molar-refractivity contribution < 1.29 is 19.1 Å². The van der Waals surface area contributed by atoms with Gasteiger partial charge in [0, 0.05) is 16.1 Å². The van der Waals surface area contributed by atoms with E-state index < -0.39 is 17.8 Å². The van der Waals surface area contributed by atoms with Crippen LogP contribution in [0.2, 0.25) is 5.02 Å². The van der Waals surface area contributed by atoms with Crippen molar-refractivity contribution in [2.45, 2.75) is 20.5 Å². The number of imide groups is 2. The number of hydrogen-bond donors (Lipinski definition) is 1. The van der Waals surface area contributed by atoms with E-state index in [1.165, 1.54) is 6.08 Å². The molecule has 0 unspecified atom stereocenters. The number of ether oxygens (including phenoxy) is 1. The zero-order chi connectivity index (χ0) is 26.1. The number of carbonyl (C=O) groups is 3. The summed E-state index contributed by atoms with van der Waals surface area (Å²) in [7, 11) is 0. The first-order valence-electron chi connectivity index (χ1n) is 11.7. The van der Waals surface area contributed by atoms with Crippen molar-refractivity contribution in [2.24, 2.45) is 0 Å². The smallest absolute Gasteiger partial charge is 0.335 e. The fraction of sp³-hybridized carbons (Fsp3) is 0.100. The van der Waals surface area contributed by atoms with Crippen molar-refractivity contribution in [3.8, 4) is 5.75 Å². The Morgan fingerprint density at radius 2 is 1.65 bits per heavy atom. The average molecular weight is 511 g/mol.